The summed E-state index contributed by atoms with van der Waals surface area (Å²) in [4.78, 5) is 7.27. The normalized spacial score (nSPS) is 20.1. The van der Waals surface area contributed by atoms with Gasteiger partial charge in [0.15, 0.2) is 17.5 Å². The van der Waals surface area contributed by atoms with Gasteiger partial charge in [0, 0.05) is 34.6 Å². The van der Waals surface area contributed by atoms with Gasteiger partial charge in [-0.3, -0.25) is 0 Å². The maximum Gasteiger partial charge on any atom is 0.198 e. The molecule has 0 amide bonds. The highest BCUT2D eigenvalue weighted by Gasteiger charge is 2.26. The Labute approximate surface area is 160 Å². The molecule has 1 aliphatic carbocycles. The van der Waals surface area contributed by atoms with Crippen LogP contribution in [-0.2, 0) is 0 Å². The Morgan fingerprint density at radius 1 is 1.21 bits per heavy atom. The summed E-state index contributed by atoms with van der Waals surface area (Å²) in [6, 6.07) is 7.49. The molecule has 1 fully saturated rings. The molecule has 7 heteroatoms. The number of aromatic hydroxyl groups is 1. The van der Waals surface area contributed by atoms with Crippen molar-refractivity contribution in [3.8, 4) is 17.1 Å². The summed E-state index contributed by atoms with van der Waals surface area (Å²) in [5, 5.41) is 15.0. The summed E-state index contributed by atoms with van der Waals surface area (Å²) in [6.07, 6.45) is 6.98. The number of H-pyrrole nitrogens is 1. The summed E-state index contributed by atoms with van der Waals surface area (Å²) in [5.74, 6) is -0.474. The van der Waals surface area contributed by atoms with E-state index in [9.17, 15) is 5.11 Å². The van der Waals surface area contributed by atoms with E-state index in [1.54, 1.807) is 6.26 Å². The molecule has 0 radical (unpaired) electrons. The van der Waals surface area contributed by atoms with Gasteiger partial charge in [-0.25, -0.2) is 9.37 Å². The first kappa shape index (κ1) is 17.1. The number of aromatic amines is 1. The number of pyridine rings is 1. The fraction of sp³-hybridized carbons (Fsp3) is 0.286. The van der Waals surface area contributed by atoms with Crippen molar-refractivity contribution in [2.45, 2.75) is 37.8 Å². The van der Waals surface area contributed by atoms with E-state index in [4.69, 9.17) is 10.2 Å². The molecule has 0 unspecified atom stereocenters. The van der Waals surface area contributed by atoms with Gasteiger partial charge in [-0.05, 0) is 18.9 Å². The number of benzene rings is 1. The number of fused-ring (bicyclic) bond motifs is 2. The highest BCUT2D eigenvalue weighted by molar-refractivity contribution is 6.06. The van der Waals surface area contributed by atoms with Crippen LogP contribution >= 0.6 is 0 Å². The third-order valence-electron chi connectivity index (χ3n) is 5.64. The molecule has 2 atom stereocenters. The minimum atomic E-state index is -0.499. The smallest absolute Gasteiger partial charge is 0.198 e. The van der Waals surface area contributed by atoms with Crippen LogP contribution in [0.15, 0.2) is 41.1 Å². The van der Waals surface area contributed by atoms with Crippen molar-refractivity contribution in [1.82, 2.24) is 9.97 Å². The van der Waals surface area contributed by atoms with Gasteiger partial charge >= 0.3 is 0 Å². The Bertz CT molecular complexity index is 1170. The molecule has 144 valence electrons. The van der Waals surface area contributed by atoms with Crippen LogP contribution in [0, 0.1) is 5.82 Å². The zero-order valence-corrected chi connectivity index (χ0v) is 15.2. The first-order chi connectivity index (χ1) is 13.6. The lowest BCUT2D eigenvalue weighted by molar-refractivity contribution is 0.402. The van der Waals surface area contributed by atoms with E-state index < -0.39 is 5.82 Å². The predicted molar refractivity (Wildman–Crippen MR) is 107 cm³/mol. The lowest BCUT2D eigenvalue weighted by Crippen LogP contribution is -2.43. The molecule has 3 aromatic heterocycles. The topological polar surface area (TPSA) is 100 Å². The van der Waals surface area contributed by atoms with Crippen LogP contribution in [-0.4, -0.2) is 27.2 Å². The highest BCUT2D eigenvalue weighted by atomic mass is 19.1. The third-order valence-corrected chi connectivity index (χ3v) is 5.64. The van der Waals surface area contributed by atoms with Crippen molar-refractivity contribution in [1.29, 1.82) is 0 Å². The number of hydrogen-bond donors (Lipinski definition) is 4. The Hall–Kier alpha value is -3.06. The zero-order valence-electron chi connectivity index (χ0n) is 15.2. The van der Waals surface area contributed by atoms with Crippen LogP contribution in [0.1, 0.15) is 25.7 Å². The summed E-state index contributed by atoms with van der Waals surface area (Å²) in [6.45, 7) is 0. The highest BCUT2D eigenvalue weighted by Crippen LogP contribution is 2.40. The van der Waals surface area contributed by atoms with E-state index >= 15 is 4.39 Å². The van der Waals surface area contributed by atoms with Crippen LogP contribution in [0.4, 0.5) is 10.2 Å². The van der Waals surface area contributed by atoms with E-state index in [-0.39, 0.29) is 29.2 Å². The minimum absolute atomic E-state index is 0.0327. The standard InChI is InChI=1S/C21H21FN4O2/c22-18-12-9-24-21(27)17(12)19(13-10-28-16-8-4-1-5-11(13)16)26-20(18)25-15-7-3-2-6-14(15)23/h1,4-5,8-10,14-15,24-25,27H,2-3,6-7,23H2/t14-,15+/m0/s1. The lowest BCUT2D eigenvalue weighted by atomic mass is 9.91. The molecule has 1 saturated carbocycles. The van der Waals surface area contributed by atoms with E-state index in [2.05, 4.69) is 15.3 Å². The Morgan fingerprint density at radius 3 is 2.89 bits per heavy atom. The second-order valence-electron chi connectivity index (χ2n) is 7.39. The first-order valence-corrected chi connectivity index (χ1v) is 9.51. The first-order valence-electron chi connectivity index (χ1n) is 9.51. The van der Waals surface area contributed by atoms with E-state index in [1.165, 1.54) is 6.20 Å². The van der Waals surface area contributed by atoms with Gasteiger partial charge in [0.25, 0.3) is 0 Å². The number of furan rings is 1. The van der Waals surface area contributed by atoms with Gasteiger partial charge in [-0.1, -0.05) is 31.0 Å². The van der Waals surface area contributed by atoms with Crippen molar-refractivity contribution >= 4 is 27.6 Å². The second-order valence-corrected chi connectivity index (χ2v) is 7.39. The van der Waals surface area contributed by atoms with Crippen LogP contribution in [0.25, 0.3) is 33.0 Å². The lowest BCUT2D eigenvalue weighted by Gasteiger charge is -2.30. The number of para-hydroxylation sites is 1. The number of nitrogens with one attached hydrogen (secondary N) is 2. The number of nitrogens with two attached hydrogens (primary N) is 1. The molecule has 1 aromatic carbocycles. The number of aromatic nitrogens is 2. The second kappa shape index (κ2) is 6.53. The number of halogens is 1. The fourth-order valence-electron chi connectivity index (χ4n) is 4.14. The van der Waals surface area contributed by atoms with Crippen molar-refractivity contribution < 1.29 is 13.9 Å². The molecule has 28 heavy (non-hydrogen) atoms. The minimum Gasteiger partial charge on any atom is -0.494 e. The van der Waals surface area contributed by atoms with Crippen molar-refractivity contribution in [2.24, 2.45) is 5.73 Å². The van der Waals surface area contributed by atoms with Crippen molar-refractivity contribution in [3.05, 3.63) is 42.5 Å². The maximum absolute atomic E-state index is 15.2. The quantitative estimate of drug-likeness (QED) is 0.419. The van der Waals surface area contributed by atoms with Gasteiger partial charge in [-0.15, -0.1) is 0 Å². The number of hydrogen-bond acceptors (Lipinski definition) is 5. The zero-order chi connectivity index (χ0) is 19.3. The van der Waals surface area contributed by atoms with E-state index in [1.807, 2.05) is 24.3 Å². The largest absolute Gasteiger partial charge is 0.494 e. The third kappa shape index (κ3) is 2.62. The van der Waals surface area contributed by atoms with Gasteiger partial charge in [0.1, 0.15) is 11.8 Å². The Balaban J connectivity index is 1.70. The molecule has 3 heterocycles. The molecule has 0 bridgehead atoms. The molecule has 0 aliphatic heterocycles. The van der Waals surface area contributed by atoms with Gasteiger partial charge in [0.05, 0.1) is 11.1 Å². The Kier molecular flexibility index (Phi) is 3.98. The average molecular weight is 380 g/mol. The number of anilines is 1. The van der Waals surface area contributed by atoms with E-state index in [0.717, 1.165) is 31.1 Å². The molecule has 5 N–H and O–H groups in total. The van der Waals surface area contributed by atoms with Crippen LogP contribution in [0.3, 0.4) is 0 Å². The van der Waals surface area contributed by atoms with Crippen LogP contribution < -0.4 is 11.1 Å². The Morgan fingerprint density at radius 2 is 2.04 bits per heavy atom. The van der Waals surface area contributed by atoms with E-state index in [0.29, 0.717) is 22.2 Å². The number of rotatable bonds is 3. The molecule has 6 nitrogen and oxygen atoms in total. The maximum atomic E-state index is 15.2. The molecular formula is C21H21FN4O2. The van der Waals surface area contributed by atoms with Gasteiger partial charge in [0.2, 0.25) is 0 Å². The van der Waals surface area contributed by atoms with Crippen LogP contribution in [0.2, 0.25) is 0 Å². The molecule has 0 spiro atoms. The average Bonchev–Trinajstić information content (AvgIpc) is 3.30. The predicted octanol–water partition coefficient (Wildman–Crippen LogP) is 4.50. The van der Waals surface area contributed by atoms with Crippen molar-refractivity contribution in [3.63, 3.8) is 0 Å². The van der Waals surface area contributed by atoms with Crippen molar-refractivity contribution in [2.75, 3.05) is 5.32 Å². The summed E-state index contributed by atoms with van der Waals surface area (Å²) < 4.78 is 20.8. The fourth-order valence-corrected chi connectivity index (χ4v) is 4.14. The molecule has 1 aliphatic rings. The van der Waals surface area contributed by atoms with Gasteiger partial charge < -0.3 is 25.6 Å². The summed E-state index contributed by atoms with van der Waals surface area (Å²) in [7, 11) is 0. The molecule has 0 saturated heterocycles. The monoisotopic (exact) mass is 380 g/mol. The molecule has 4 aromatic rings. The molecule has 5 rings (SSSR count). The van der Waals surface area contributed by atoms with Crippen LogP contribution in [0.5, 0.6) is 5.88 Å². The summed E-state index contributed by atoms with van der Waals surface area (Å²) in [5.41, 5.74) is 8.10. The van der Waals surface area contributed by atoms with Gasteiger partial charge in [-0.2, -0.15) is 0 Å². The molecular weight excluding hydrogens is 359 g/mol. The number of nitrogens with zero attached hydrogens (tertiary/aromatic N) is 1. The summed E-state index contributed by atoms with van der Waals surface area (Å²) >= 11 is 0. The SMILES string of the molecule is N[C@H]1CCCC[C@H]1Nc1nc(-c2coc3ccccc23)c2c(O)[nH]cc2c1F.